The maximum Gasteiger partial charge on any atom is 0.272 e. The van der Waals surface area contributed by atoms with Crippen LogP contribution in [0.15, 0.2) is 54.7 Å². The molecule has 0 bridgehead atoms. The number of carbonyl (C=O) groups excluding carboxylic acids is 2. The van der Waals surface area contributed by atoms with E-state index >= 15 is 0 Å². The Balaban J connectivity index is 1.80. The molecule has 3 aromatic rings. The molecule has 0 atom stereocenters. The van der Waals surface area contributed by atoms with Crippen LogP contribution in [0.1, 0.15) is 40.4 Å². The highest BCUT2D eigenvalue weighted by atomic mass is 16.5. The predicted octanol–water partition coefficient (Wildman–Crippen LogP) is 2.08. The molecule has 0 unspecified atom stereocenters. The quantitative estimate of drug-likeness (QED) is 0.653. The van der Waals surface area contributed by atoms with Crippen LogP contribution in [0.5, 0.6) is 5.88 Å². The number of nitrogens with one attached hydrogen (secondary N) is 1. The van der Waals surface area contributed by atoms with Crippen molar-refractivity contribution in [3.8, 4) is 11.6 Å². The number of benzene rings is 1. The molecule has 1 aromatic carbocycles. The highest BCUT2D eigenvalue weighted by Gasteiger charge is 2.19. The third-order valence-corrected chi connectivity index (χ3v) is 3.83. The van der Waals surface area contributed by atoms with Crippen LogP contribution < -0.4 is 15.8 Å². The number of hydrogen-bond donors (Lipinski definition) is 2. The number of amides is 2. The van der Waals surface area contributed by atoms with Gasteiger partial charge in [0.15, 0.2) is 5.69 Å². The zero-order valence-corrected chi connectivity index (χ0v) is 15.6. The van der Waals surface area contributed by atoms with Crippen LogP contribution in [0.25, 0.3) is 5.69 Å². The number of ether oxygens (including phenoxy) is 1. The van der Waals surface area contributed by atoms with Gasteiger partial charge in [-0.3, -0.25) is 9.59 Å². The monoisotopic (exact) mass is 379 g/mol. The second-order valence-corrected chi connectivity index (χ2v) is 6.34. The highest BCUT2D eigenvalue weighted by molar-refractivity contribution is 5.97. The number of primary amides is 1. The Morgan fingerprint density at radius 1 is 1.18 bits per heavy atom. The zero-order valence-electron chi connectivity index (χ0n) is 15.6. The lowest BCUT2D eigenvalue weighted by Gasteiger charge is -2.12. The van der Waals surface area contributed by atoms with Crippen LogP contribution >= 0.6 is 0 Å². The van der Waals surface area contributed by atoms with Gasteiger partial charge in [0.25, 0.3) is 11.8 Å². The third kappa shape index (κ3) is 4.35. The Kier molecular flexibility index (Phi) is 5.69. The van der Waals surface area contributed by atoms with E-state index in [2.05, 4.69) is 15.4 Å². The van der Waals surface area contributed by atoms with E-state index in [1.54, 1.807) is 36.5 Å². The minimum atomic E-state index is -0.671. The van der Waals surface area contributed by atoms with Gasteiger partial charge >= 0.3 is 0 Å². The molecule has 0 aliphatic carbocycles. The van der Waals surface area contributed by atoms with Crippen LogP contribution in [0, 0.1) is 0 Å². The van der Waals surface area contributed by atoms with Gasteiger partial charge in [-0.15, -0.1) is 0 Å². The van der Waals surface area contributed by atoms with E-state index in [0.717, 1.165) is 5.56 Å². The SMILES string of the molecule is CC(C)Oc1ncccc1CNC(=O)c1cc(C(N)=O)n(-c2ccccc2)n1. The van der Waals surface area contributed by atoms with Crippen molar-refractivity contribution in [1.82, 2.24) is 20.1 Å². The average Bonchev–Trinajstić information content (AvgIpc) is 3.13. The first kappa shape index (κ1) is 19.1. The molecule has 0 aliphatic heterocycles. The van der Waals surface area contributed by atoms with Gasteiger partial charge in [-0.1, -0.05) is 24.3 Å². The summed E-state index contributed by atoms with van der Waals surface area (Å²) < 4.78 is 7.01. The molecule has 0 radical (unpaired) electrons. The summed E-state index contributed by atoms with van der Waals surface area (Å²) in [6, 6.07) is 14.0. The molecule has 0 saturated heterocycles. The molecule has 2 amide bonds. The Morgan fingerprint density at radius 3 is 2.61 bits per heavy atom. The van der Waals surface area contributed by atoms with E-state index in [0.29, 0.717) is 11.6 Å². The largest absolute Gasteiger partial charge is 0.475 e. The summed E-state index contributed by atoms with van der Waals surface area (Å²) in [5.41, 5.74) is 7.03. The van der Waals surface area contributed by atoms with E-state index < -0.39 is 11.8 Å². The molecule has 0 fully saturated rings. The fourth-order valence-electron chi connectivity index (χ4n) is 2.59. The first-order valence-corrected chi connectivity index (χ1v) is 8.79. The molecule has 2 heterocycles. The molecular weight excluding hydrogens is 358 g/mol. The minimum Gasteiger partial charge on any atom is -0.475 e. The van der Waals surface area contributed by atoms with E-state index in [4.69, 9.17) is 10.5 Å². The van der Waals surface area contributed by atoms with Crippen LogP contribution in [-0.2, 0) is 6.54 Å². The molecular formula is C20H21N5O3. The van der Waals surface area contributed by atoms with Crippen molar-refractivity contribution >= 4 is 11.8 Å². The molecule has 0 aliphatic rings. The van der Waals surface area contributed by atoms with Crippen molar-refractivity contribution in [2.75, 3.05) is 0 Å². The summed E-state index contributed by atoms with van der Waals surface area (Å²) in [4.78, 5) is 28.5. The van der Waals surface area contributed by atoms with Crippen LogP contribution in [0.3, 0.4) is 0 Å². The van der Waals surface area contributed by atoms with Crippen LogP contribution in [0.4, 0.5) is 0 Å². The van der Waals surface area contributed by atoms with Crippen molar-refractivity contribution in [1.29, 1.82) is 0 Å². The number of aromatic nitrogens is 3. The summed E-state index contributed by atoms with van der Waals surface area (Å²) in [7, 11) is 0. The zero-order chi connectivity index (χ0) is 20.1. The lowest BCUT2D eigenvalue weighted by molar-refractivity contribution is 0.0944. The third-order valence-electron chi connectivity index (χ3n) is 3.83. The molecule has 3 N–H and O–H groups in total. The predicted molar refractivity (Wildman–Crippen MR) is 103 cm³/mol. The number of rotatable bonds is 7. The van der Waals surface area contributed by atoms with Gasteiger partial charge < -0.3 is 15.8 Å². The average molecular weight is 379 g/mol. The van der Waals surface area contributed by atoms with Gasteiger partial charge in [-0.25, -0.2) is 9.67 Å². The van der Waals surface area contributed by atoms with E-state index in [1.807, 2.05) is 26.0 Å². The van der Waals surface area contributed by atoms with E-state index in [9.17, 15) is 9.59 Å². The molecule has 28 heavy (non-hydrogen) atoms. The molecule has 0 saturated carbocycles. The number of nitrogens with two attached hydrogens (primary N) is 1. The summed E-state index contributed by atoms with van der Waals surface area (Å²) in [6.07, 6.45) is 1.59. The second kappa shape index (κ2) is 8.34. The first-order valence-electron chi connectivity index (χ1n) is 8.79. The van der Waals surface area contributed by atoms with Gasteiger partial charge in [0.2, 0.25) is 5.88 Å². The number of carbonyl (C=O) groups is 2. The van der Waals surface area contributed by atoms with Crippen molar-refractivity contribution in [2.24, 2.45) is 5.73 Å². The summed E-state index contributed by atoms with van der Waals surface area (Å²) in [6.45, 7) is 4.01. The lowest BCUT2D eigenvalue weighted by Crippen LogP contribution is -2.24. The number of pyridine rings is 1. The number of para-hydroxylation sites is 1. The van der Waals surface area contributed by atoms with Crippen LogP contribution in [-0.4, -0.2) is 32.7 Å². The van der Waals surface area contributed by atoms with Gasteiger partial charge in [0, 0.05) is 24.4 Å². The normalized spacial score (nSPS) is 10.7. The van der Waals surface area contributed by atoms with Crippen LogP contribution in [0.2, 0.25) is 0 Å². The van der Waals surface area contributed by atoms with Gasteiger partial charge in [-0.2, -0.15) is 5.10 Å². The van der Waals surface area contributed by atoms with Crippen molar-refractivity contribution < 1.29 is 14.3 Å². The Morgan fingerprint density at radius 2 is 1.93 bits per heavy atom. The van der Waals surface area contributed by atoms with Gasteiger partial charge in [-0.05, 0) is 32.0 Å². The van der Waals surface area contributed by atoms with Crippen molar-refractivity contribution in [2.45, 2.75) is 26.5 Å². The van der Waals surface area contributed by atoms with E-state index in [1.165, 1.54) is 10.7 Å². The summed E-state index contributed by atoms with van der Waals surface area (Å²) in [5.74, 6) is -0.641. The Bertz CT molecular complexity index is 983. The molecule has 3 rings (SSSR count). The van der Waals surface area contributed by atoms with Gasteiger partial charge in [0.05, 0.1) is 11.8 Å². The highest BCUT2D eigenvalue weighted by Crippen LogP contribution is 2.16. The molecule has 2 aromatic heterocycles. The van der Waals surface area contributed by atoms with Gasteiger partial charge in [0.1, 0.15) is 5.69 Å². The fraction of sp³-hybridized carbons (Fsp3) is 0.200. The molecule has 8 heteroatoms. The second-order valence-electron chi connectivity index (χ2n) is 6.34. The topological polar surface area (TPSA) is 112 Å². The maximum absolute atomic E-state index is 12.6. The van der Waals surface area contributed by atoms with Crippen molar-refractivity contribution in [3.05, 3.63) is 71.7 Å². The summed E-state index contributed by atoms with van der Waals surface area (Å²) >= 11 is 0. The van der Waals surface area contributed by atoms with E-state index in [-0.39, 0.29) is 24.0 Å². The Hall–Kier alpha value is -3.68. The molecule has 0 spiro atoms. The Labute approximate surface area is 162 Å². The smallest absolute Gasteiger partial charge is 0.272 e. The standard InChI is InChI=1S/C20H21N5O3/c1-13(2)28-20-14(7-6-10-22-20)12-23-19(27)16-11-17(18(21)26)25(24-16)15-8-4-3-5-9-15/h3-11,13H,12H2,1-2H3,(H2,21,26)(H,23,27). The number of hydrogen-bond acceptors (Lipinski definition) is 5. The molecule has 144 valence electrons. The molecule has 8 nitrogen and oxygen atoms in total. The first-order chi connectivity index (χ1) is 13.5. The summed E-state index contributed by atoms with van der Waals surface area (Å²) in [5, 5.41) is 7.01. The maximum atomic E-state index is 12.6. The minimum absolute atomic E-state index is 0.0379. The number of nitrogens with zero attached hydrogens (tertiary/aromatic N) is 3. The fourth-order valence-corrected chi connectivity index (χ4v) is 2.59. The lowest BCUT2D eigenvalue weighted by atomic mass is 10.2. The van der Waals surface area contributed by atoms with Crippen molar-refractivity contribution in [3.63, 3.8) is 0 Å².